The molecular formula is C21H21FN8O. The normalized spacial score (nSPS) is 22.5. The van der Waals surface area contributed by atoms with Gasteiger partial charge in [-0.25, -0.2) is 14.4 Å². The number of anilines is 2. The topological polar surface area (TPSA) is 118 Å². The highest BCUT2D eigenvalue weighted by atomic mass is 19.1. The van der Waals surface area contributed by atoms with Crippen molar-refractivity contribution in [2.45, 2.75) is 24.9 Å². The van der Waals surface area contributed by atoms with Crippen molar-refractivity contribution >= 4 is 33.4 Å². The second-order valence-corrected chi connectivity index (χ2v) is 8.18. The lowest BCUT2D eigenvalue weighted by Crippen LogP contribution is -2.41. The lowest BCUT2D eigenvalue weighted by atomic mass is 10.0. The summed E-state index contributed by atoms with van der Waals surface area (Å²) in [4.78, 5) is 22.9. The van der Waals surface area contributed by atoms with Gasteiger partial charge in [-0.3, -0.25) is 0 Å². The van der Waals surface area contributed by atoms with E-state index in [2.05, 4.69) is 30.2 Å². The van der Waals surface area contributed by atoms with Gasteiger partial charge in [0, 0.05) is 31.1 Å². The molecule has 2 fully saturated rings. The molecule has 4 aromatic rings. The molecule has 3 atom stereocenters. The third-order valence-electron chi connectivity index (χ3n) is 6.37. The SMILES string of the molecule is CNc1cc(F)cc2c1[nH]c1nc(Oc3cncnc3)nc(N3C[C@H]4C[C@@H]3C[C@H]4N)c12. The Hall–Kier alpha value is -3.53. The van der Waals surface area contributed by atoms with Crippen molar-refractivity contribution in [3.8, 4) is 11.8 Å². The van der Waals surface area contributed by atoms with Gasteiger partial charge in [0.2, 0.25) is 0 Å². The lowest BCUT2D eigenvalue weighted by molar-refractivity contribution is 0.436. The van der Waals surface area contributed by atoms with Crippen LogP contribution in [0.5, 0.6) is 11.8 Å². The van der Waals surface area contributed by atoms with Gasteiger partial charge in [0.1, 0.15) is 23.6 Å². The van der Waals surface area contributed by atoms with Gasteiger partial charge >= 0.3 is 6.01 Å². The molecule has 0 spiro atoms. The van der Waals surface area contributed by atoms with E-state index in [1.807, 2.05) is 0 Å². The third kappa shape index (κ3) is 2.86. The summed E-state index contributed by atoms with van der Waals surface area (Å²) in [6, 6.07) is 3.68. The number of rotatable bonds is 4. The van der Waals surface area contributed by atoms with E-state index in [-0.39, 0.29) is 17.9 Å². The van der Waals surface area contributed by atoms with Gasteiger partial charge in [0.05, 0.1) is 29.0 Å². The van der Waals surface area contributed by atoms with Gasteiger partial charge in [0.25, 0.3) is 0 Å². The molecule has 31 heavy (non-hydrogen) atoms. The Morgan fingerprint density at radius 3 is 2.77 bits per heavy atom. The number of nitrogens with two attached hydrogens (primary N) is 1. The van der Waals surface area contributed by atoms with Gasteiger partial charge < -0.3 is 25.7 Å². The van der Waals surface area contributed by atoms with Gasteiger partial charge in [-0.05, 0) is 30.9 Å². The maximum Gasteiger partial charge on any atom is 0.326 e. The Bertz CT molecular complexity index is 1290. The number of nitrogens with zero attached hydrogens (tertiary/aromatic N) is 5. The molecule has 3 aromatic heterocycles. The Balaban J connectivity index is 1.57. The fourth-order valence-electron chi connectivity index (χ4n) is 4.97. The highest BCUT2D eigenvalue weighted by molar-refractivity contribution is 6.14. The smallest absolute Gasteiger partial charge is 0.326 e. The molecule has 6 rings (SSSR count). The summed E-state index contributed by atoms with van der Waals surface area (Å²) in [6.45, 7) is 0.812. The van der Waals surface area contributed by atoms with E-state index in [9.17, 15) is 4.39 Å². The van der Waals surface area contributed by atoms with E-state index in [0.29, 0.717) is 29.0 Å². The average molecular weight is 420 g/mol. The molecule has 10 heteroatoms. The van der Waals surface area contributed by atoms with Crippen LogP contribution >= 0.6 is 0 Å². The third-order valence-corrected chi connectivity index (χ3v) is 6.37. The van der Waals surface area contributed by atoms with Gasteiger partial charge in [-0.15, -0.1) is 0 Å². The zero-order valence-electron chi connectivity index (χ0n) is 16.8. The molecule has 2 bridgehead atoms. The molecule has 4 heterocycles. The van der Waals surface area contributed by atoms with Crippen molar-refractivity contribution in [1.29, 1.82) is 0 Å². The number of ether oxygens (including phenoxy) is 1. The number of piperidine rings is 1. The Morgan fingerprint density at radius 2 is 2.06 bits per heavy atom. The molecule has 2 aliphatic rings. The van der Waals surface area contributed by atoms with E-state index in [1.165, 1.54) is 18.5 Å². The summed E-state index contributed by atoms with van der Waals surface area (Å²) in [5.41, 5.74) is 8.28. The minimum absolute atomic E-state index is 0.183. The number of aromatic amines is 1. The summed E-state index contributed by atoms with van der Waals surface area (Å²) in [5.74, 6) is 1.28. The van der Waals surface area contributed by atoms with Crippen LogP contribution in [-0.4, -0.2) is 50.6 Å². The first kappa shape index (κ1) is 18.3. The summed E-state index contributed by atoms with van der Waals surface area (Å²) in [5, 5.41) is 4.56. The Labute approximate surface area is 176 Å². The van der Waals surface area contributed by atoms with Crippen molar-refractivity contribution in [2.24, 2.45) is 11.7 Å². The maximum atomic E-state index is 14.4. The van der Waals surface area contributed by atoms with E-state index in [4.69, 9.17) is 15.5 Å². The molecule has 0 amide bonds. The van der Waals surface area contributed by atoms with E-state index < -0.39 is 0 Å². The first-order valence-corrected chi connectivity index (χ1v) is 10.3. The van der Waals surface area contributed by atoms with Gasteiger partial charge in [0.15, 0.2) is 5.75 Å². The lowest BCUT2D eigenvalue weighted by Gasteiger charge is -2.31. The summed E-state index contributed by atoms with van der Waals surface area (Å²) in [7, 11) is 1.76. The molecule has 1 saturated heterocycles. The van der Waals surface area contributed by atoms with Crippen LogP contribution in [0.1, 0.15) is 12.8 Å². The van der Waals surface area contributed by atoms with Crippen LogP contribution in [0, 0.1) is 11.7 Å². The summed E-state index contributed by atoms with van der Waals surface area (Å²) < 4.78 is 20.3. The highest BCUT2D eigenvalue weighted by Crippen LogP contribution is 2.44. The van der Waals surface area contributed by atoms with Crippen molar-refractivity contribution in [3.05, 3.63) is 36.7 Å². The number of H-pyrrole nitrogens is 1. The van der Waals surface area contributed by atoms with Crippen LogP contribution in [-0.2, 0) is 0 Å². The molecule has 0 radical (unpaired) electrons. The van der Waals surface area contributed by atoms with E-state index >= 15 is 0 Å². The van der Waals surface area contributed by atoms with Crippen LogP contribution in [0.4, 0.5) is 15.9 Å². The molecule has 0 unspecified atom stereocenters. The molecular weight excluding hydrogens is 399 g/mol. The van der Waals surface area contributed by atoms with Gasteiger partial charge in [-0.1, -0.05) is 0 Å². The standard InChI is InChI=1S/C21H21FN8O/c1-24-16-4-11(22)3-14-17-19(27-18(14)16)28-21(31-13-6-25-9-26-7-13)29-20(17)30-8-10-2-12(30)5-15(10)23/h3-4,6-7,9-10,12,15,24H,2,5,8,23H2,1H3,(H,27,28,29)/t10-,12-,15-/m1/s1. The minimum atomic E-state index is -0.324. The largest absolute Gasteiger partial charge is 0.421 e. The zero-order valence-corrected chi connectivity index (χ0v) is 16.8. The van der Waals surface area contributed by atoms with Crippen molar-refractivity contribution in [1.82, 2.24) is 24.9 Å². The van der Waals surface area contributed by atoms with Crippen LogP contribution < -0.4 is 20.7 Å². The van der Waals surface area contributed by atoms with Crippen molar-refractivity contribution < 1.29 is 9.13 Å². The highest BCUT2D eigenvalue weighted by Gasteiger charge is 2.44. The predicted octanol–water partition coefficient (Wildman–Crippen LogP) is 2.80. The minimum Gasteiger partial charge on any atom is -0.421 e. The van der Waals surface area contributed by atoms with Crippen LogP contribution in [0.3, 0.4) is 0 Å². The van der Waals surface area contributed by atoms with Crippen molar-refractivity contribution in [2.75, 3.05) is 23.8 Å². The molecule has 1 saturated carbocycles. The number of hydrogen-bond donors (Lipinski definition) is 3. The average Bonchev–Trinajstić information content (AvgIpc) is 3.45. The quantitative estimate of drug-likeness (QED) is 0.461. The van der Waals surface area contributed by atoms with E-state index in [1.54, 1.807) is 19.4 Å². The number of benzene rings is 1. The molecule has 1 aromatic carbocycles. The second-order valence-electron chi connectivity index (χ2n) is 8.18. The monoisotopic (exact) mass is 420 g/mol. The number of aromatic nitrogens is 5. The Kier molecular flexibility index (Phi) is 3.97. The van der Waals surface area contributed by atoms with Crippen LogP contribution in [0.2, 0.25) is 0 Å². The number of halogens is 1. The fourth-order valence-corrected chi connectivity index (χ4v) is 4.97. The number of hydrogen-bond acceptors (Lipinski definition) is 8. The van der Waals surface area contributed by atoms with Crippen molar-refractivity contribution in [3.63, 3.8) is 0 Å². The Morgan fingerprint density at radius 1 is 1.23 bits per heavy atom. The molecule has 158 valence electrons. The summed E-state index contributed by atoms with van der Waals surface area (Å²) in [6.07, 6.45) is 6.48. The molecule has 1 aliphatic heterocycles. The predicted molar refractivity (Wildman–Crippen MR) is 115 cm³/mol. The maximum absolute atomic E-state index is 14.4. The zero-order chi connectivity index (χ0) is 21.1. The molecule has 1 aliphatic carbocycles. The molecule has 4 N–H and O–H groups in total. The van der Waals surface area contributed by atoms with E-state index in [0.717, 1.165) is 41.5 Å². The van der Waals surface area contributed by atoms with Crippen LogP contribution in [0.25, 0.3) is 21.9 Å². The van der Waals surface area contributed by atoms with Crippen LogP contribution in [0.15, 0.2) is 30.9 Å². The van der Waals surface area contributed by atoms with Gasteiger partial charge in [-0.2, -0.15) is 9.97 Å². The summed E-state index contributed by atoms with van der Waals surface area (Å²) >= 11 is 0. The second kappa shape index (κ2) is 6.74. The number of fused-ring (bicyclic) bond motifs is 5. The number of nitrogens with one attached hydrogen (secondary N) is 2. The first-order chi connectivity index (χ1) is 15.1. The molecule has 9 nitrogen and oxygen atoms in total. The fraction of sp³-hybridized carbons (Fsp3) is 0.333. The first-order valence-electron chi connectivity index (χ1n) is 10.3.